The van der Waals surface area contributed by atoms with Gasteiger partial charge in [-0.3, -0.25) is 0 Å². The van der Waals surface area contributed by atoms with Crippen molar-refractivity contribution in [2.24, 2.45) is 11.7 Å². The maximum atomic E-state index is 12.3. The number of hydrogen-bond acceptors (Lipinski definition) is 5. The summed E-state index contributed by atoms with van der Waals surface area (Å²) in [6.07, 6.45) is 2.10. The van der Waals surface area contributed by atoms with E-state index in [0.29, 0.717) is 22.9 Å². The summed E-state index contributed by atoms with van der Waals surface area (Å²) in [5.74, 6) is 0.697. The molecular weight excluding hydrogens is 286 g/mol. The van der Waals surface area contributed by atoms with Crippen LogP contribution in [0.4, 0.5) is 0 Å². The van der Waals surface area contributed by atoms with Crippen molar-refractivity contribution in [3.63, 3.8) is 0 Å². The van der Waals surface area contributed by atoms with Crippen LogP contribution in [0.15, 0.2) is 29.2 Å². The summed E-state index contributed by atoms with van der Waals surface area (Å²) in [5, 5.41) is 8.73. The number of benzene rings is 1. The van der Waals surface area contributed by atoms with E-state index in [9.17, 15) is 8.42 Å². The van der Waals surface area contributed by atoms with E-state index < -0.39 is 9.84 Å². The summed E-state index contributed by atoms with van der Waals surface area (Å²) in [6, 6.07) is 8.09. The van der Waals surface area contributed by atoms with Crippen molar-refractivity contribution in [2.75, 3.05) is 31.9 Å². The number of nitrogens with zero attached hydrogens (tertiary/aromatic N) is 2. The van der Waals surface area contributed by atoms with Crippen molar-refractivity contribution in [2.45, 2.75) is 17.7 Å². The highest BCUT2D eigenvalue weighted by Gasteiger charge is 2.21. The molecule has 1 heterocycles. The van der Waals surface area contributed by atoms with Crippen LogP contribution in [0.3, 0.4) is 0 Å². The van der Waals surface area contributed by atoms with Gasteiger partial charge in [0.25, 0.3) is 0 Å². The van der Waals surface area contributed by atoms with E-state index in [1.807, 2.05) is 6.07 Å². The zero-order valence-electron chi connectivity index (χ0n) is 12.0. The lowest BCUT2D eigenvalue weighted by Crippen LogP contribution is -2.38. The minimum Gasteiger partial charge on any atom is -0.330 e. The lowest BCUT2D eigenvalue weighted by molar-refractivity contribution is 0.196. The van der Waals surface area contributed by atoms with Gasteiger partial charge < -0.3 is 10.6 Å². The molecule has 114 valence electrons. The van der Waals surface area contributed by atoms with Crippen LogP contribution < -0.4 is 5.73 Å². The van der Waals surface area contributed by atoms with Crippen molar-refractivity contribution >= 4 is 9.84 Å². The first-order chi connectivity index (χ1) is 10.0. The van der Waals surface area contributed by atoms with Gasteiger partial charge in [0, 0.05) is 6.54 Å². The molecule has 2 rings (SSSR count). The fourth-order valence-corrected chi connectivity index (χ4v) is 3.83. The van der Waals surface area contributed by atoms with Crippen LogP contribution in [0.2, 0.25) is 0 Å². The molecule has 0 aliphatic carbocycles. The van der Waals surface area contributed by atoms with Crippen LogP contribution in [0.5, 0.6) is 0 Å². The molecule has 1 aromatic rings. The number of likely N-dealkylation sites (tertiary alicyclic amines) is 1. The molecule has 1 aromatic carbocycles. The smallest absolute Gasteiger partial charge is 0.179 e. The lowest BCUT2D eigenvalue weighted by atomic mass is 9.97. The molecule has 6 heteroatoms. The molecule has 0 spiro atoms. The van der Waals surface area contributed by atoms with Gasteiger partial charge in [-0.15, -0.1) is 0 Å². The van der Waals surface area contributed by atoms with Gasteiger partial charge in [0.2, 0.25) is 0 Å². The Balaban J connectivity index is 1.91. The maximum Gasteiger partial charge on any atom is 0.179 e. The third kappa shape index (κ3) is 4.27. The second kappa shape index (κ2) is 7.03. The molecule has 0 radical (unpaired) electrons. The Morgan fingerprint density at radius 3 is 2.38 bits per heavy atom. The minimum atomic E-state index is -3.28. The molecule has 1 saturated heterocycles. The molecule has 0 bridgehead atoms. The Bertz CT molecular complexity index is 597. The Morgan fingerprint density at radius 2 is 1.86 bits per heavy atom. The average molecular weight is 307 g/mol. The third-order valence-electron chi connectivity index (χ3n) is 4.06. The van der Waals surface area contributed by atoms with Crippen molar-refractivity contribution in [1.82, 2.24) is 4.90 Å². The van der Waals surface area contributed by atoms with Gasteiger partial charge in [-0.2, -0.15) is 5.26 Å². The fraction of sp³-hybridized carbons (Fsp3) is 0.533. The summed E-state index contributed by atoms with van der Waals surface area (Å²) in [4.78, 5) is 2.48. The second-order valence-corrected chi connectivity index (χ2v) is 7.58. The van der Waals surface area contributed by atoms with Crippen molar-refractivity contribution in [3.8, 4) is 6.07 Å². The molecule has 1 fully saturated rings. The van der Waals surface area contributed by atoms with Gasteiger partial charge in [-0.1, -0.05) is 0 Å². The summed E-state index contributed by atoms with van der Waals surface area (Å²) in [7, 11) is -3.28. The van der Waals surface area contributed by atoms with E-state index in [1.54, 1.807) is 12.1 Å². The van der Waals surface area contributed by atoms with E-state index in [4.69, 9.17) is 11.0 Å². The molecule has 0 atom stereocenters. The molecule has 0 amide bonds. The number of rotatable bonds is 5. The first-order valence-electron chi connectivity index (χ1n) is 7.20. The molecule has 5 nitrogen and oxygen atoms in total. The summed E-state index contributed by atoms with van der Waals surface area (Å²) in [6.45, 7) is 3.12. The fourth-order valence-electron chi connectivity index (χ4n) is 2.55. The Morgan fingerprint density at radius 1 is 1.24 bits per heavy atom. The van der Waals surface area contributed by atoms with Gasteiger partial charge in [0.15, 0.2) is 9.84 Å². The van der Waals surface area contributed by atoms with Crippen molar-refractivity contribution in [3.05, 3.63) is 29.8 Å². The highest BCUT2D eigenvalue weighted by atomic mass is 32.2. The van der Waals surface area contributed by atoms with Gasteiger partial charge in [0.1, 0.15) is 0 Å². The van der Waals surface area contributed by atoms with Crippen molar-refractivity contribution < 1.29 is 8.42 Å². The topological polar surface area (TPSA) is 87.2 Å². The predicted molar refractivity (Wildman–Crippen MR) is 81.4 cm³/mol. The Labute approximate surface area is 126 Å². The Hall–Kier alpha value is -1.42. The van der Waals surface area contributed by atoms with E-state index in [2.05, 4.69) is 4.90 Å². The molecule has 0 saturated carbocycles. The highest BCUT2D eigenvalue weighted by molar-refractivity contribution is 7.91. The first kappa shape index (κ1) is 16.0. The zero-order valence-corrected chi connectivity index (χ0v) is 12.8. The van der Waals surface area contributed by atoms with Crippen LogP contribution in [0.25, 0.3) is 0 Å². The normalized spacial score (nSPS) is 17.5. The third-order valence-corrected chi connectivity index (χ3v) is 5.77. The van der Waals surface area contributed by atoms with Gasteiger partial charge in [0.05, 0.1) is 22.3 Å². The van der Waals surface area contributed by atoms with Crippen LogP contribution in [0, 0.1) is 17.2 Å². The van der Waals surface area contributed by atoms with Crippen LogP contribution >= 0.6 is 0 Å². The molecule has 1 aliphatic rings. The molecule has 0 aromatic heterocycles. The van der Waals surface area contributed by atoms with Gasteiger partial charge in [-0.25, -0.2) is 8.42 Å². The number of nitrogens with two attached hydrogens (primary N) is 1. The monoisotopic (exact) mass is 307 g/mol. The number of sulfone groups is 1. The molecular formula is C15H21N3O2S. The quantitative estimate of drug-likeness (QED) is 0.877. The van der Waals surface area contributed by atoms with Crippen molar-refractivity contribution in [1.29, 1.82) is 5.26 Å². The minimum absolute atomic E-state index is 0.117. The standard InChI is InChI=1S/C15H21N3O2S/c16-11-13-1-3-15(4-2-13)21(19,20)10-9-18-7-5-14(12-17)6-8-18/h1-4,14H,5-10,12,17H2. The van der Waals surface area contributed by atoms with Gasteiger partial charge >= 0.3 is 0 Å². The van der Waals surface area contributed by atoms with E-state index >= 15 is 0 Å². The molecule has 2 N–H and O–H groups in total. The zero-order chi connectivity index (χ0) is 15.3. The van der Waals surface area contributed by atoms with Crippen LogP contribution in [-0.4, -0.2) is 45.2 Å². The summed E-state index contributed by atoms with van der Waals surface area (Å²) < 4.78 is 24.5. The average Bonchev–Trinajstić information content (AvgIpc) is 2.53. The van der Waals surface area contributed by atoms with E-state index in [1.165, 1.54) is 12.1 Å². The van der Waals surface area contributed by atoms with Crippen LogP contribution in [-0.2, 0) is 9.84 Å². The maximum absolute atomic E-state index is 12.3. The SMILES string of the molecule is N#Cc1ccc(S(=O)(=O)CCN2CCC(CN)CC2)cc1. The Kier molecular flexibility index (Phi) is 5.34. The second-order valence-electron chi connectivity index (χ2n) is 5.48. The van der Waals surface area contributed by atoms with E-state index in [-0.39, 0.29) is 5.75 Å². The highest BCUT2D eigenvalue weighted by Crippen LogP contribution is 2.17. The van der Waals surface area contributed by atoms with Gasteiger partial charge in [-0.05, 0) is 62.7 Å². The molecule has 21 heavy (non-hydrogen) atoms. The van der Waals surface area contributed by atoms with E-state index in [0.717, 1.165) is 32.5 Å². The molecule has 0 unspecified atom stereocenters. The number of piperidine rings is 1. The molecule has 1 aliphatic heterocycles. The largest absolute Gasteiger partial charge is 0.330 e. The van der Waals surface area contributed by atoms with Crippen LogP contribution in [0.1, 0.15) is 18.4 Å². The number of hydrogen-bond donors (Lipinski definition) is 1. The number of nitriles is 1. The predicted octanol–water partition coefficient (Wildman–Crippen LogP) is 1.00. The summed E-state index contributed by atoms with van der Waals surface area (Å²) >= 11 is 0. The summed E-state index contributed by atoms with van der Waals surface area (Å²) in [5.41, 5.74) is 6.12. The lowest BCUT2D eigenvalue weighted by Gasteiger charge is -2.31. The first-order valence-corrected chi connectivity index (χ1v) is 8.86.